The molecule has 0 heterocycles. The van der Waals surface area contributed by atoms with Gasteiger partial charge in [-0.25, -0.2) is 0 Å². The van der Waals surface area contributed by atoms with E-state index >= 15 is 0 Å². The van der Waals surface area contributed by atoms with E-state index in [1.165, 1.54) is 5.56 Å². The van der Waals surface area contributed by atoms with Crippen molar-refractivity contribution in [3.8, 4) is 18.1 Å². The quantitative estimate of drug-likeness (QED) is 0.591. The molecule has 0 fully saturated rings. The molecule has 2 nitrogen and oxygen atoms in total. The molecule has 0 spiro atoms. The molecule has 20 heavy (non-hydrogen) atoms. The van der Waals surface area contributed by atoms with Gasteiger partial charge in [-0.3, -0.25) is 0 Å². The summed E-state index contributed by atoms with van der Waals surface area (Å²) in [4.78, 5) is 0. The van der Waals surface area contributed by atoms with Crippen molar-refractivity contribution in [3.63, 3.8) is 0 Å². The van der Waals surface area contributed by atoms with E-state index in [0.29, 0.717) is 6.61 Å². The van der Waals surface area contributed by atoms with Gasteiger partial charge >= 0.3 is 0 Å². The van der Waals surface area contributed by atoms with Crippen LogP contribution in [-0.2, 0) is 4.43 Å². The molecule has 0 aromatic heterocycles. The number of aryl methyl sites for hydroxylation is 1. The van der Waals surface area contributed by atoms with Crippen LogP contribution in [0.15, 0.2) is 24.3 Å². The molecule has 1 aromatic carbocycles. The highest BCUT2D eigenvalue weighted by atomic mass is 28.4. The van der Waals surface area contributed by atoms with Crippen molar-refractivity contribution in [2.45, 2.75) is 51.9 Å². The zero-order valence-electron chi connectivity index (χ0n) is 13.5. The minimum atomic E-state index is -1.86. The molecule has 0 saturated carbocycles. The zero-order valence-corrected chi connectivity index (χ0v) is 14.5. The maximum atomic E-state index is 6.17. The minimum absolute atomic E-state index is 0.145. The van der Waals surface area contributed by atoms with Gasteiger partial charge in [0.15, 0.2) is 8.32 Å². The number of rotatable bonds is 5. The van der Waals surface area contributed by atoms with Gasteiger partial charge in [0.25, 0.3) is 0 Å². The molecule has 0 aliphatic carbocycles. The molecule has 0 aliphatic heterocycles. The Kier molecular flexibility index (Phi) is 5.44. The van der Waals surface area contributed by atoms with E-state index in [1.807, 2.05) is 24.3 Å². The first-order chi connectivity index (χ1) is 9.15. The van der Waals surface area contributed by atoms with Crippen LogP contribution in [0, 0.1) is 19.3 Å². The highest BCUT2D eigenvalue weighted by Gasteiger charge is 2.39. The van der Waals surface area contributed by atoms with Crippen LogP contribution in [0.3, 0.4) is 0 Å². The van der Waals surface area contributed by atoms with Crippen molar-refractivity contribution in [3.05, 3.63) is 29.8 Å². The number of ether oxygens (including phenoxy) is 1. The third-order valence-corrected chi connectivity index (χ3v) is 8.34. The van der Waals surface area contributed by atoms with Gasteiger partial charge in [0.2, 0.25) is 0 Å². The van der Waals surface area contributed by atoms with Crippen molar-refractivity contribution >= 4 is 8.32 Å². The lowest BCUT2D eigenvalue weighted by Gasteiger charge is -2.37. The highest BCUT2D eigenvalue weighted by Crippen LogP contribution is 2.37. The molecule has 0 amide bonds. The van der Waals surface area contributed by atoms with Crippen LogP contribution in [0.4, 0.5) is 0 Å². The van der Waals surface area contributed by atoms with E-state index in [9.17, 15) is 0 Å². The molecule has 0 saturated heterocycles. The maximum absolute atomic E-state index is 6.17. The Morgan fingerprint density at radius 2 is 1.75 bits per heavy atom. The van der Waals surface area contributed by atoms with E-state index in [0.717, 1.165) is 5.75 Å². The van der Waals surface area contributed by atoms with E-state index in [-0.39, 0.29) is 11.1 Å². The highest BCUT2D eigenvalue weighted by molar-refractivity contribution is 6.74. The number of hydrogen-bond donors (Lipinski definition) is 0. The molecule has 0 bridgehead atoms. The Morgan fingerprint density at radius 1 is 1.20 bits per heavy atom. The fourth-order valence-corrected chi connectivity index (χ4v) is 2.66. The van der Waals surface area contributed by atoms with Crippen molar-refractivity contribution < 1.29 is 9.16 Å². The predicted octanol–water partition coefficient (Wildman–Crippen LogP) is 4.40. The van der Waals surface area contributed by atoms with Gasteiger partial charge in [0.05, 0.1) is 0 Å². The fraction of sp³-hybridized carbons (Fsp3) is 0.529. The number of terminal acetylenes is 1. The van der Waals surface area contributed by atoms with Gasteiger partial charge in [0.1, 0.15) is 18.5 Å². The average molecular weight is 290 g/mol. The first kappa shape index (κ1) is 16.8. The summed E-state index contributed by atoms with van der Waals surface area (Å²) in [6, 6.07) is 7.95. The Morgan fingerprint density at radius 3 is 2.20 bits per heavy atom. The van der Waals surface area contributed by atoms with E-state index in [4.69, 9.17) is 15.6 Å². The van der Waals surface area contributed by atoms with E-state index < -0.39 is 8.32 Å². The average Bonchev–Trinajstić information content (AvgIpc) is 2.35. The largest absolute Gasteiger partial charge is 0.490 e. The predicted molar refractivity (Wildman–Crippen MR) is 87.6 cm³/mol. The number of hydrogen-bond acceptors (Lipinski definition) is 2. The van der Waals surface area contributed by atoms with Crippen molar-refractivity contribution in [2.24, 2.45) is 0 Å². The summed E-state index contributed by atoms with van der Waals surface area (Å²) in [6.45, 7) is 13.4. The van der Waals surface area contributed by atoms with Gasteiger partial charge in [-0.1, -0.05) is 44.4 Å². The van der Waals surface area contributed by atoms with Crippen LogP contribution >= 0.6 is 0 Å². The van der Waals surface area contributed by atoms with Gasteiger partial charge in [-0.2, -0.15) is 0 Å². The molecule has 1 atom stereocenters. The maximum Gasteiger partial charge on any atom is 0.193 e. The van der Waals surface area contributed by atoms with Crippen LogP contribution in [0.1, 0.15) is 26.3 Å². The summed E-state index contributed by atoms with van der Waals surface area (Å²) in [5.41, 5.74) is 1.21. The van der Waals surface area contributed by atoms with Gasteiger partial charge in [-0.05, 0) is 37.2 Å². The molecular formula is C17H26O2Si. The van der Waals surface area contributed by atoms with Crippen molar-refractivity contribution in [2.75, 3.05) is 6.61 Å². The van der Waals surface area contributed by atoms with Crippen molar-refractivity contribution in [1.29, 1.82) is 0 Å². The first-order valence-electron chi connectivity index (χ1n) is 6.99. The van der Waals surface area contributed by atoms with Gasteiger partial charge < -0.3 is 9.16 Å². The second-order valence-electron chi connectivity index (χ2n) is 6.66. The Balaban J connectivity index is 2.61. The van der Waals surface area contributed by atoms with E-state index in [2.05, 4.69) is 46.7 Å². The van der Waals surface area contributed by atoms with Gasteiger partial charge in [-0.15, -0.1) is 6.42 Å². The molecule has 110 valence electrons. The lowest BCUT2D eigenvalue weighted by atomic mass is 10.2. The smallest absolute Gasteiger partial charge is 0.193 e. The lowest BCUT2D eigenvalue weighted by molar-refractivity contribution is 0.157. The molecule has 1 unspecified atom stereocenters. The molecule has 1 aromatic rings. The summed E-state index contributed by atoms with van der Waals surface area (Å²) < 4.78 is 11.9. The monoisotopic (exact) mass is 290 g/mol. The molecule has 3 heteroatoms. The molecule has 0 N–H and O–H groups in total. The zero-order chi connectivity index (χ0) is 15.4. The summed E-state index contributed by atoms with van der Waals surface area (Å²) in [7, 11) is -1.86. The van der Waals surface area contributed by atoms with Crippen LogP contribution in [0.2, 0.25) is 18.1 Å². The third kappa shape index (κ3) is 4.70. The molecule has 0 aliphatic rings. The van der Waals surface area contributed by atoms with Crippen LogP contribution < -0.4 is 4.74 Å². The minimum Gasteiger partial charge on any atom is -0.490 e. The molecule has 1 rings (SSSR count). The van der Waals surface area contributed by atoms with Gasteiger partial charge in [0, 0.05) is 0 Å². The summed E-state index contributed by atoms with van der Waals surface area (Å²) in [6.07, 6.45) is 5.28. The standard InChI is InChI=1S/C17H26O2Si/c1-8-15(19-20(6,7)17(3,4)5)13-18-16-11-9-14(2)10-12-16/h1,9-12,15H,13H2,2-7H3. The molecule has 0 radical (unpaired) electrons. The SMILES string of the molecule is C#CC(COc1ccc(C)cc1)O[Si](C)(C)C(C)(C)C. The topological polar surface area (TPSA) is 18.5 Å². The normalized spacial score (nSPS) is 13.7. The third-order valence-electron chi connectivity index (χ3n) is 3.85. The Labute approximate surface area is 124 Å². The molecular weight excluding hydrogens is 264 g/mol. The van der Waals surface area contributed by atoms with Crippen LogP contribution in [-0.4, -0.2) is 21.0 Å². The first-order valence-corrected chi connectivity index (χ1v) is 9.90. The van der Waals surface area contributed by atoms with Crippen LogP contribution in [0.25, 0.3) is 0 Å². The lowest BCUT2D eigenvalue weighted by Crippen LogP contribution is -2.45. The van der Waals surface area contributed by atoms with E-state index in [1.54, 1.807) is 0 Å². The second kappa shape index (κ2) is 6.47. The van der Waals surface area contributed by atoms with Crippen molar-refractivity contribution in [1.82, 2.24) is 0 Å². The number of benzene rings is 1. The summed E-state index contributed by atoms with van der Waals surface area (Å²) in [5.74, 6) is 3.53. The Bertz CT molecular complexity index is 463. The fourth-order valence-electron chi connectivity index (χ4n) is 1.45. The summed E-state index contributed by atoms with van der Waals surface area (Å²) in [5, 5.41) is 0.145. The second-order valence-corrected chi connectivity index (χ2v) is 11.4. The summed E-state index contributed by atoms with van der Waals surface area (Å²) >= 11 is 0. The van der Waals surface area contributed by atoms with Crippen LogP contribution in [0.5, 0.6) is 5.75 Å². The Hall–Kier alpha value is -1.24.